The third kappa shape index (κ3) is 1.89. The normalized spacial score (nSPS) is 18.5. The molecular weight excluding hydrogens is 144 g/mol. The molecule has 0 unspecified atom stereocenters. The molecule has 0 amide bonds. The Morgan fingerprint density at radius 2 is 2.25 bits per heavy atom. The van der Waals surface area contributed by atoms with Crippen LogP contribution in [-0.2, 0) is 0 Å². The predicted octanol–water partition coefficient (Wildman–Crippen LogP) is 3.23. The van der Waals surface area contributed by atoms with E-state index >= 15 is 0 Å². The molecule has 0 saturated heterocycles. The highest BCUT2D eigenvalue weighted by atomic mass is 14.1. The topological polar surface area (TPSA) is 0 Å². The van der Waals surface area contributed by atoms with Gasteiger partial charge in [-0.25, -0.2) is 0 Å². The van der Waals surface area contributed by atoms with E-state index in [-0.39, 0.29) is 0 Å². The van der Waals surface area contributed by atoms with Gasteiger partial charge in [0.1, 0.15) is 0 Å². The summed E-state index contributed by atoms with van der Waals surface area (Å²) in [5.41, 5.74) is 3.90. The van der Waals surface area contributed by atoms with E-state index in [0.717, 1.165) is 6.42 Å². The largest absolute Gasteiger partial charge is 0.115 e. The summed E-state index contributed by atoms with van der Waals surface area (Å²) in [5.74, 6) is 2.50. The number of hydrogen-bond donors (Lipinski definition) is 0. The van der Waals surface area contributed by atoms with Gasteiger partial charge >= 0.3 is 0 Å². The summed E-state index contributed by atoms with van der Waals surface area (Å²) in [6, 6.07) is 0. The van der Waals surface area contributed by atoms with Crippen LogP contribution in [0.15, 0.2) is 35.5 Å². The van der Waals surface area contributed by atoms with Gasteiger partial charge in [-0.3, -0.25) is 0 Å². The lowest BCUT2D eigenvalue weighted by Gasteiger charge is -2.17. The molecule has 12 heavy (non-hydrogen) atoms. The van der Waals surface area contributed by atoms with Crippen LogP contribution in [0.2, 0.25) is 0 Å². The summed E-state index contributed by atoms with van der Waals surface area (Å²) in [6.45, 7) is 6.17. The second kappa shape index (κ2) is 3.97. The van der Waals surface area contributed by atoms with Gasteiger partial charge in [0.15, 0.2) is 0 Å². The Labute approximate surface area is 74.7 Å². The zero-order chi connectivity index (χ0) is 8.97. The lowest BCUT2D eigenvalue weighted by atomic mass is 9.89. The Hall–Kier alpha value is -1.22. The maximum atomic E-state index is 5.15. The fourth-order valence-corrected chi connectivity index (χ4v) is 1.53. The van der Waals surface area contributed by atoms with E-state index in [1.54, 1.807) is 6.08 Å². The third-order valence-corrected chi connectivity index (χ3v) is 2.22. The first-order valence-electron chi connectivity index (χ1n) is 4.26. The van der Waals surface area contributed by atoms with Gasteiger partial charge in [0.25, 0.3) is 0 Å². The summed E-state index contributed by atoms with van der Waals surface area (Å²) in [7, 11) is 0. The van der Waals surface area contributed by atoms with Crippen LogP contribution in [0.3, 0.4) is 0 Å². The minimum absolute atomic E-state index is 1.11. The minimum atomic E-state index is 1.11. The highest BCUT2D eigenvalue weighted by molar-refractivity contribution is 5.44. The molecule has 0 bridgehead atoms. The van der Waals surface area contributed by atoms with Gasteiger partial charge < -0.3 is 0 Å². The SMILES string of the molecule is C#C/C=C\C1=C(C)CCCC1=C. The lowest BCUT2D eigenvalue weighted by molar-refractivity contribution is 0.773. The van der Waals surface area contributed by atoms with E-state index in [2.05, 4.69) is 19.4 Å². The molecule has 0 heterocycles. The molecule has 1 rings (SSSR count). The van der Waals surface area contributed by atoms with Gasteiger partial charge in [0.05, 0.1) is 0 Å². The van der Waals surface area contributed by atoms with Crippen LogP contribution in [0.1, 0.15) is 26.2 Å². The highest BCUT2D eigenvalue weighted by Crippen LogP contribution is 2.28. The van der Waals surface area contributed by atoms with Gasteiger partial charge in [-0.1, -0.05) is 18.1 Å². The number of allylic oxidation sites excluding steroid dienone is 5. The van der Waals surface area contributed by atoms with E-state index < -0.39 is 0 Å². The maximum Gasteiger partial charge on any atom is -0.0116 e. The minimum Gasteiger partial charge on any atom is -0.115 e. The Morgan fingerprint density at radius 3 is 2.83 bits per heavy atom. The van der Waals surface area contributed by atoms with Gasteiger partial charge in [0, 0.05) is 0 Å². The maximum absolute atomic E-state index is 5.15. The zero-order valence-corrected chi connectivity index (χ0v) is 7.56. The molecule has 0 aliphatic heterocycles. The van der Waals surface area contributed by atoms with Crippen molar-refractivity contribution in [2.45, 2.75) is 26.2 Å². The fourth-order valence-electron chi connectivity index (χ4n) is 1.53. The van der Waals surface area contributed by atoms with Crippen molar-refractivity contribution >= 4 is 0 Å². The van der Waals surface area contributed by atoms with Crippen LogP contribution < -0.4 is 0 Å². The van der Waals surface area contributed by atoms with E-state index in [0.29, 0.717) is 0 Å². The molecule has 0 radical (unpaired) electrons. The van der Waals surface area contributed by atoms with Crippen molar-refractivity contribution in [2.75, 3.05) is 0 Å². The van der Waals surface area contributed by atoms with Crippen molar-refractivity contribution in [2.24, 2.45) is 0 Å². The Bertz CT molecular complexity index is 282. The van der Waals surface area contributed by atoms with Crippen LogP contribution in [-0.4, -0.2) is 0 Å². The molecule has 1 aliphatic rings. The Kier molecular flexibility index (Phi) is 2.94. The van der Waals surface area contributed by atoms with Gasteiger partial charge in [-0.2, -0.15) is 0 Å². The molecule has 0 N–H and O–H groups in total. The van der Waals surface area contributed by atoms with Crippen LogP contribution in [0.4, 0.5) is 0 Å². The standard InChI is InChI=1S/C12H14/c1-4-5-9-12-10(2)7-6-8-11(12)3/h1,5,9H,2,6-8H2,3H3/b9-5-. The summed E-state index contributed by atoms with van der Waals surface area (Å²) < 4.78 is 0. The van der Waals surface area contributed by atoms with E-state index in [4.69, 9.17) is 6.42 Å². The molecule has 0 atom stereocenters. The van der Waals surface area contributed by atoms with E-state index in [1.165, 1.54) is 29.6 Å². The number of terminal acetylenes is 1. The molecule has 1 aliphatic carbocycles. The molecule has 0 heteroatoms. The van der Waals surface area contributed by atoms with Crippen LogP contribution in [0.25, 0.3) is 0 Å². The summed E-state index contributed by atoms with van der Waals surface area (Å²) in [4.78, 5) is 0. The average Bonchev–Trinajstić information content (AvgIpc) is 2.04. The zero-order valence-electron chi connectivity index (χ0n) is 7.56. The Morgan fingerprint density at radius 1 is 1.50 bits per heavy atom. The average molecular weight is 158 g/mol. The van der Waals surface area contributed by atoms with Crippen molar-refractivity contribution in [1.29, 1.82) is 0 Å². The van der Waals surface area contributed by atoms with Crippen LogP contribution in [0.5, 0.6) is 0 Å². The molecule has 62 valence electrons. The van der Waals surface area contributed by atoms with Crippen molar-refractivity contribution < 1.29 is 0 Å². The highest BCUT2D eigenvalue weighted by Gasteiger charge is 2.09. The number of hydrogen-bond acceptors (Lipinski definition) is 0. The molecular formula is C12H14. The third-order valence-electron chi connectivity index (χ3n) is 2.22. The summed E-state index contributed by atoms with van der Waals surface area (Å²) in [6.07, 6.45) is 12.4. The smallest absolute Gasteiger partial charge is 0.0116 e. The van der Waals surface area contributed by atoms with Gasteiger partial charge in [0.2, 0.25) is 0 Å². The van der Waals surface area contributed by atoms with E-state index in [1.807, 2.05) is 6.08 Å². The lowest BCUT2D eigenvalue weighted by Crippen LogP contribution is -1.97. The first kappa shape index (κ1) is 8.87. The molecule has 0 aromatic heterocycles. The van der Waals surface area contributed by atoms with Gasteiger partial charge in [-0.05, 0) is 49.5 Å². The molecule has 0 aromatic rings. The second-order valence-electron chi connectivity index (χ2n) is 3.15. The molecule has 0 aromatic carbocycles. The van der Waals surface area contributed by atoms with Crippen molar-refractivity contribution in [3.05, 3.63) is 35.5 Å². The fraction of sp³-hybridized carbons (Fsp3) is 0.333. The molecule has 0 spiro atoms. The van der Waals surface area contributed by atoms with Crippen molar-refractivity contribution in [1.82, 2.24) is 0 Å². The second-order valence-corrected chi connectivity index (χ2v) is 3.15. The quantitative estimate of drug-likeness (QED) is 0.514. The summed E-state index contributed by atoms with van der Waals surface area (Å²) >= 11 is 0. The van der Waals surface area contributed by atoms with E-state index in [9.17, 15) is 0 Å². The van der Waals surface area contributed by atoms with Crippen molar-refractivity contribution in [3.63, 3.8) is 0 Å². The monoisotopic (exact) mass is 158 g/mol. The van der Waals surface area contributed by atoms with Crippen LogP contribution >= 0.6 is 0 Å². The first-order valence-corrected chi connectivity index (χ1v) is 4.26. The molecule has 0 nitrogen and oxygen atoms in total. The van der Waals surface area contributed by atoms with Gasteiger partial charge in [-0.15, -0.1) is 6.42 Å². The Balaban J connectivity index is 2.90. The predicted molar refractivity (Wildman–Crippen MR) is 53.7 cm³/mol. The number of rotatable bonds is 1. The molecule has 0 saturated carbocycles. The molecule has 0 fully saturated rings. The van der Waals surface area contributed by atoms with Crippen molar-refractivity contribution in [3.8, 4) is 12.3 Å². The first-order chi connectivity index (χ1) is 5.75. The van der Waals surface area contributed by atoms with Crippen LogP contribution in [0, 0.1) is 12.3 Å². The summed E-state index contributed by atoms with van der Waals surface area (Å²) in [5, 5.41) is 0.